The van der Waals surface area contributed by atoms with Gasteiger partial charge in [0.1, 0.15) is 5.69 Å². The zero-order chi connectivity index (χ0) is 15.2. The van der Waals surface area contributed by atoms with Gasteiger partial charge in [0.25, 0.3) is 5.91 Å². The Labute approximate surface area is 121 Å². The zero-order valence-electron chi connectivity index (χ0n) is 11.5. The van der Waals surface area contributed by atoms with Gasteiger partial charge in [-0.2, -0.15) is 0 Å². The number of carbonyl (C=O) groups excluding carboxylic acids is 1. The highest BCUT2D eigenvalue weighted by Crippen LogP contribution is 2.21. The zero-order valence-corrected chi connectivity index (χ0v) is 11.5. The molecule has 2 N–H and O–H groups in total. The number of amides is 1. The molecule has 6 heteroatoms. The first kappa shape index (κ1) is 14.6. The van der Waals surface area contributed by atoms with E-state index in [0.29, 0.717) is 5.69 Å². The average molecular weight is 285 g/mol. The Morgan fingerprint density at radius 1 is 1.24 bits per heavy atom. The van der Waals surface area contributed by atoms with Crippen molar-refractivity contribution in [2.45, 2.75) is 19.3 Å². The van der Waals surface area contributed by atoms with Crippen molar-refractivity contribution < 1.29 is 14.7 Å². The molecule has 2 aromatic rings. The lowest BCUT2D eigenvalue weighted by atomic mass is 9.98. The number of aromatic nitrogens is 2. The van der Waals surface area contributed by atoms with Gasteiger partial charge in [-0.1, -0.05) is 19.1 Å². The van der Waals surface area contributed by atoms with Crippen LogP contribution < -0.4 is 5.32 Å². The maximum atomic E-state index is 11.9. The van der Waals surface area contributed by atoms with Crippen LogP contribution in [0.25, 0.3) is 0 Å². The number of carboxylic acids is 1. The van der Waals surface area contributed by atoms with E-state index in [1.165, 1.54) is 18.6 Å². The van der Waals surface area contributed by atoms with E-state index in [1.54, 1.807) is 24.3 Å². The molecule has 0 saturated heterocycles. The van der Waals surface area contributed by atoms with Crippen molar-refractivity contribution in [3.63, 3.8) is 0 Å². The minimum Gasteiger partial charge on any atom is -0.481 e. The fraction of sp³-hybridized carbons (Fsp3) is 0.200. The molecule has 0 radical (unpaired) electrons. The van der Waals surface area contributed by atoms with Crippen molar-refractivity contribution >= 4 is 17.6 Å². The van der Waals surface area contributed by atoms with Crippen molar-refractivity contribution in [1.29, 1.82) is 0 Å². The number of nitrogens with one attached hydrogen (secondary N) is 1. The molecule has 21 heavy (non-hydrogen) atoms. The van der Waals surface area contributed by atoms with Gasteiger partial charge in [-0.25, -0.2) is 4.98 Å². The van der Waals surface area contributed by atoms with Crippen molar-refractivity contribution in [1.82, 2.24) is 9.97 Å². The molecule has 1 amide bonds. The van der Waals surface area contributed by atoms with Gasteiger partial charge in [0.2, 0.25) is 0 Å². The maximum absolute atomic E-state index is 11.9. The third-order valence-electron chi connectivity index (χ3n) is 3.01. The van der Waals surface area contributed by atoms with E-state index >= 15 is 0 Å². The molecule has 0 bridgehead atoms. The SMILES string of the molecule is CC(CC(=O)O)c1ccc(NC(=O)c2cnccn2)cc1. The van der Waals surface area contributed by atoms with Crippen LogP contribution in [0.1, 0.15) is 35.3 Å². The molecule has 1 heterocycles. The van der Waals surface area contributed by atoms with E-state index in [1.807, 2.05) is 6.92 Å². The Hall–Kier alpha value is -2.76. The highest BCUT2D eigenvalue weighted by molar-refractivity contribution is 6.02. The third kappa shape index (κ3) is 4.10. The first-order chi connectivity index (χ1) is 10.1. The smallest absolute Gasteiger partial charge is 0.303 e. The summed E-state index contributed by atoms with van der Waals surface area (Å²) < 4.78 is 0. The number of nitrogens with zero attached hydrogens (tertiary/aromatic N) is 2. The molecule has 0 aliphatic carbocycles. The second kappa shape index (κ2) is 6.60. The number of hydrogen-bond acceptors (Lipinski definition) is 4. The second-order valence-electron chi connectivity index (χ2n) is 4.67. The van der Waals surface area contributed by atoms with E-state index in [4.69, 9.17) is 5.11 Å². The highest BCUT2D eigenvalue weighted by atomic mass is 16.4. The summed E-state index contributed by atoms with van der Waals surface area (Å²) in [5.74, 6) is -1.25. The molecule has 0 spiro atoms. The minimum atomic E-state index is -0.831. The van der Waals surface area contributed by atoms with Crippen LogP contribution in [0.5, 0.6) is 0 Å². The quantitative estimate of drug-likeness (QED) is 0.879. The van der Waals surface area contributed by atoms with Crippen LogP contribution in [0.15, 0.2) is 42.9 Å². The Balaban J connectivity index is 2.03. The maximum Gasteiger partial charge on any atom is 0.303 e. The lowest BCUT2D eigenvalue weighted by Gasteiger charge is -2.10. The topological polar surface area (TPSA) is 92.2 Å². The molecular weight excluding hydrogens is 270 g/mol. The van der Waals surface area contributed by atoms with Crippen LogP contribution in [-0.4, -0.2) is 27.0 Å². The number of carbonyl (C=O) groups is 2. The van der Waals surface area contributed by atoms with E-state index in [0.717, 1.165) is 5.56 Å². The lowest BCUT2D eigenvalue weighted by molar-refractivity contribution is -0.137. The highest BCUT2D eigenvalue weighted by Gasteiger charge is 2.11. The monoisotopic (exact) mass is 285 g/mol. The van der Waals surface area contributed by atoms with Gasteiger partial charge in [0.15, 0.2) is 0 Å². The molecule has 2 rings (SSSR count). The van der Waals surface area contributed by atoms with Crippen LogP contribution in [0.3, 0.4) is 0 Å². The van der Waals surface area contributed by atoms with Crippen LogP contribution in [0, 0.1) is 0 Å². The van der Waals surface area contributed by atoms with Crippen LogP contribution in [-0.2, 0) is 4.79 Å². The molecule has 108 valence electrons. The molecule has 0 aliphatic heterocycles. The fourth-order valence-electron chi connectivity index (χ4n) is 1.89. The molecule has 1 aromatic heterocycles. The molecule has 0 aliphatic rings. The van der Waals surface area contributed by atoms with Crippen molar-refractivity contribution in [3.8, 4) is 0 Å². The van der Waals surface area contributed by atoms with Gasteiger partial charge in [0.05, 0.1) is 12.6 Å². The van der Waals surface area contributed by atoms with Crippen LogP contribution >= 0.6 is 0 Å². The van der Waals surface area contributed by atoms with Crippen LogP contribution in [0.2, 0.25) is 0 Å². The van der Waals surface area contributed by atoms with Gasteiger partial charge in [-0.3, -0.25) is 14.6 Å². The Morgan fingerprint density at radius 3 is 2.52 bits per heavy atom. The number of benzene rings is 1. The van der Waals surface area contributed by atoms with Gasteiger partial charge < -0.3 is 10.4 Å². The summed E-state index contributed by atoms with van der Waals surface area (Å²) >= 11 is 0. The van der Waals surface area contributed by atoms with E-state index in [9.17, 15) is 9.59 Å². The Kier molecular flexibility index (Phi) is 4.61. The summed E-state index contributed by atoms with van der Waals surface area (Å²) in [5, 5.41) is 11.5. The summed E-state index contributed by atoms with van der Waals surface area (Å²) in [7, 11) is 0. The van der Waals surface area contributed by atoms with E-state index < -0.39 is 5.97 Å². The number of anilines is 1. The van der Waals surface area contributed by atoms with Crippen molar-refractivity contribution in [3.05, 3.63) is 54.1 Å². The van der Waals surface area contributed by atoms with E-state index in [-0.39, 0.29) is 23.9 Å². The molecule has 0 fully saturated rings. The number of hydrogen-bond donors (Lipinski definition) is 2. The summed E-state index contributed by atoms with van der Waals surface area (Å²) in [4.78, 5) is 30.3. The standard InChI is InChI=1S/C15H15N3O3/c1-10(8-14(19)20)11-2-4-12(5-3-11)18-15(21)13-9-16-6-7-17-13/h2-7,9-10H,8H2,1H3,(H,18,21)(H,19,20). The predicted molar refractivity (Wildman–Crippen MR) is 77.1 cm³/mol. The fourth-order valence-corrected chi connectivity index (χ4v) is 1.89. The van der Waals surface area contributed by atoms with Gasteiger partial charge >= 0.3 is 5.97 Å². The van der Waals surface area contributed by atoms with Crippen molar-refractivity contribution in [2.24, 2.45) is 0 Å². The number of rotatable bonds is 5. The van der Waals surface area contributed by atoms with Crippen molar-refractivity contribution in [2.75, 3.05) is 5.32 Å². The van der Waals surface area contributed by atoms with Gasteiger partial charge in [-0.05, 0) is 23.6 Å². The summed E-state index contributed by atoms with van der Waals surface area (Å²) in [5.41, 5.74) is 1.77. The second-order valence-corrected chi connectivity index (χ2v) is 4.67. The summed E-state index contributed by atoms with van der Waals surface area (Å²) in [6, 6.07) is 7.09. The molecule has 1 unspecified atom stereocenters. The van der Waals surface area contributed by atoms with E-state index in [2.05, 4.69) is 15.3 Å². The van der Waals surface area contributed by atoms with Gasteiger partial charge in [0, 0.05) is 18.1 Å². The molecule has 6 nitrogen and oxygen atoms in total. The van der Waals surface area contributed by atoms with Gasteiger partial charge in [-0.15, -0.1) is 0 Å². The minimum absolute atomic E-state index is 0.0747. The number of aliphatic carboxylic acids is 1. The lowest BCUT2D eigenvalue weighted by Crippen LogP contribution is -2.13. The molecule has 1 atom stereocenters. The molecule has 1 aromatic carbocycles. The van der Waals surface area contributed by atoms with Crippen LogP contribution in [0.4, 0.5) is 5.69 Å². The molecule has 0 saturated carbocycles. The Bertz CT molecular complexity index is 626. The predicted octanol–water partition coefficient (Wildman–Crippen LogP) is 2.31. The first-order valence-electron chi connectivity index (χ1n) is 6.45. The average Bonchev–Trinajstić information content (AvgIpc) is 2.48. The normalized spacial score (nSPS) is 11.7. The first-order valence-corrected chi connectivity index (χ1v) is 6.45. The summed E-state index contributed by atoms with van der Waals surface area (Å²) in [6.07, 6.45) is 4.41. The number of carboxylic acid groups (broad SMARTS) is 1. The Morgan fingerprint density at radius 2 is 1.95 bits per heavy atom. The molecular formula is C15H15N3O3. The largest absolute Gasteiger partial charge is 0.481 e. The third-order valence-corrected chi connectivity index (χ3v) is 3.01. The summed E-state index contributed by atoms with van der Waals surface area (Å²) in [6.45, 7) is 1.85.